The van der Waals surface area contributed by atoms with Gasteiger partial charge in [0.25, 0.3) is 0 Å². The molecule has 0 unspecified atom stereocenters. The molecule has 0 nitrogen and oxygen atoms in total. The van der Waals surface area contributed by atoms with E-state index in [4.69, 9.17) is 0 Å². The Morgan fingerprint density at radius 3 is 1.25 bits per heavy atom. The molecule has 0 aromatic carbocycles. The van der Waals surface area contributed by atoms with Crippen molar-refractivity contribution in [1.29, 1.82) is 0 Å². The van der Waals surface area contributed by atoms with Crippen LogP contribution in [-0.2, 0) is 17.4 Å². The second-order valence-electron chi connectivity index (χ2n) is 2.68. The van der Waals surface area contributed by atoms with Gasteiger partial charge in [-0.3, -0.25) is 0 Å². The van der Waals surface area contributed by atoms with Crippen LogP contribution in [0.4, 0.5) is 0 Å². The van der Waals surface area contributed by atoms with Crippen molar-refractivity contribution in [3.05, 3.63) is 0 Å². The number of hydrogen-bond acceptors (Lipinski definition) is 0. The van der Waals surface area contributed by atoms with Crippen LogP contribution in [0.2, 0.25) is 11.1 Å². The van der Waals surface area contributed by atoms with Crippen LogP contribution in [0.25, 0.3) is 0 Å². The summed E-state index contributed by atoms with van der Waals surface area (Å²) in [5, 5.41) is 0. The fourth-order valence-corrected chi connectivity index (χ4v) is 2.00. The van der Waals surface area contributed by atoms with E-state index in [9.17, 15) is 0 Å². The van der Waals surface area contributed by atoms with Gasteiger partial charge in [0.1, 0.15) is 0 Å². The van der Waals surface area contributed by atoms with E-state index < -0.39 is 0 Å². The van der Waals surface area contributed by atoms with Crippen molar-refractivity contribution in [3.63, 3.8) is 0 Å². The van der Waals surface area contributed by atoms with Gasteiger partial charge in [0.05, 0.1) is 0 Å². The summed E-state index contributed by atoms with van der Waals surface area (Å²) in [4.78, 5) is 0. The summed E-state index contributed by atoms with van der Waals surface area (Å²) < 4.78 is 0. The van der Waals surface area contributed by atoms with Crippen LogP contribution in [0, 0.1) is 0 Å². The van der Waals surface area contributed by atoms with E-state index >= 15 is 0 Å². The molecule has 0 saturated heterocycles. The van der Waals surface area contributed by atoms with Gasteiger partial charge in [-0.25, -0.2) is 0 Å². The van der Waals surface area contributed by atoms with Crippen molar-refractivity contribution in [3.8, 4) is 0 Å². The molecule has 8 heavy (non-hydrogen) atoms. The molecule has 0 amide bonds. The zero-order valence-corrected chi connectivity index (χ0v) is 9.55. The van der Waals surface area contributed by atoms with Crippen molar-refractivity contribution in [1.82, 2.24) is 0 Å². The van der Waals surface area contributed by atoms with Crippen molar-refractivity contribution in [2.45, 2.75) is 38.8 Å². The van der Waals surface area contributed by atoms with E-state index in [1.54, 1.807) is 0 Å². The van der Waals surface area contributed by atoms with Gasteiger partial charge in [0, 0.05) is 0 Å². The first-order chi connectivity index (χ1) is 3.55. The molecule has 0 aliphatic carbocycles. The fraction of sp³-hybridized carbons (Fsp3) is 1.00. The van der Waals surface area contributed by atoms with Crippen LogP contribution < -0.4 is 0 Å². The Balaban J connectivity index is 3.65. The summed E-state index contributed by atoms with van der Waals surface area (Å²) in [6.07, 6.45) is 0. The van der Waals surface area contributed by atoms with Gasteiger partial charge in [-0.2, -0.15) is 0 Å². The molecule has 0 rings (SSSR count). The van der Waals surface area contributed by atoms with E-state index in [-0.39, 0.29) is 6.50 Å². The third-order valence-electron chi connectivity index (χ3n) is 1.07. The van der Waals surface area contributed by atoms with Gasteiger partial charge in [0.15, 0.2) is 0 Å². The summed E-state index contributed by atoms with van der Waals surface area (Å²) in [6.45, 7) is 9.34. The van der Waals surface area contributed by atoms with Gasteiger partial charge < -0.3 is 0 Å². The normalized spacial score (nSPS) is 10.9. The van der Waals surface area contributed by atoms with E-state index in [1.807, 2.05) is 0 Å². The summed E-state index contributed by atoms with van der Waals surface area (Å²) in [6, 6.07) is 0. The van der Waals surface area contributed by atoms with Crippen LogP contribution in [0.15, 0.2) is 0 Å². The molecule has 0 radical (unpaired) electrons. The molecule has 0 bridgehead atoms. The molecule has 0 heterocycles. The third-order valence-corrected chi connectivity index (χ3v) is 12.0. The molecule has 2 heteroatoms. The molecule has 0 spiro atoms. The molecule has 0 atom stereocenters. The average Bonchev–Trinajstić information content (AvgIpc) is 1.64. The van der Waals surface area contributed by atoms with Crippen LogP contribution in [0.5, 0.6) is 0 Å². The van der Waals surface area contributed by atoms with Gasteiger partial charge in [0.2, 0.25) is 0 Å². The van der Waals surface area contributed by atoms with E-state index in [2.05, 4.69) is 45.1 Å². The minimum atomic E-state index is 0.00412. The van der Waals surface area contributed by atoms with Crippen molar-refractivity contribution in [2.24, 2.45) is 0 Å². The average molecular weight is 304 g/mol. The Bertz CT molecular complexity index is 76.5. The molecular formula is C6H14OsSi. The fourth-order valence-electron chi connectivity index (χ4n) is 0.667. The molecule has 0 aromatic rings. The summed E-state index contributed by atoms with van der Waals surface area (Å²) >= 11 is 2.23. The van der Waals surface area contributed by atoms with Gasteiger partial charge in [-0.05, 0) is 0 Å². The zero-order chi connectivity index (χ0) is 6.73. The van der Waals surface area contributed by atoms with Gasteiger partial charge in [-0.15, -0.1) is 0 Å². The zero-order valence-electron chi connectivity index (χ0n) is 6.01. The maximum atomic E-state index is 2.33. The predicted octanol–water partition coefficient (Wildman–Crippen LogP) is 2.34. The van der Waals surface area contributed by atoms with Gasteiger partial charge in [-0.1, -0.05) is 0 Å². The van der Waals surface area contributed by atoms with E-state index in [1.165, 1.54) is 0 Å². The minimum absolute atomic E-state index is 0.00412. The molecule has 0 aliphatic rings. The first-order valence-corrected chi connectivity index (χ1v) is 8.38. The quantitative estimate of drug-likeness (QED) is 0.687. The Morgan fingerprint density at radius 1 is 1.00 bits per heavy atom. The number of hydrogen-bond donors (Lipinski definition) is 0. The molecule has 0 N–H and O–H groups in total. The molecular weight excluding hydrogens is 290 g/mol. The summed E-state index contributed by atoms with van der Waals surface area (Å²) in [7, 11) is 0. The standard InChI is InChI=1S/C6H14Si.Os/c1-5(2)7-6(3)4;/h5-6H,1-4H3;. The predicted molar refractivity (Wildman–Crippen MR) is 35.9 cm³/mol. The second-order valence-corrected chi connectivity index (χ2v) is 10.1. The number of rotatable bonds is 2. The van der Waals surface area contributed by atoms with E-state index in [0.717, 1.165) is 11.1 Å². The van der Waals surface area contributed by atoms with Gasteiger partial charge >= 0.3 is 62.7 Å². The Labute approximate surface area is 62.9 Å². The molecule has 0 saturated carbocycles. The van der Waals surface area contributed by atoms with Crippen molar-refractivity contribution < 1.29 is 17.4 Å². The first-order valence-electron chi connectivity index (χ1n) is 3.06. The second kappa shape index (κ2) is 3.80. The Morgan fingerprint density at radius 2 is 1.25 bits per heavy atom. The SMILES string of the molecule is CC(C)[Si](=[Os])C(C)C. The molecule has 0 aliphatic heterocycles. The Hall–Kier alpha value is 0.853. The summed E-state index contributed by atoms with van der Waals surface area (Å²) in [5.74, 6) is 0. The van der Waals surface area contributed by atoms with Crippen LogP contribution >= 0.6 is 0 Å². The van der Waals surface area contributed by atoms with E-state index in [0.29, 0.717) is 0 Å². The first kappa shape index (κ1) is 8.85. The topological polar surface area (TPSA) is 0 Å². The monoisotopic (exact) mass is 306 g/mol. The summed E-state index contributed by atoms with van der Waals surface area (Å²) in [5.41, 5.74) is 1.91. The third kappa shape index (κ3) is 3.00. The molecule has 0 fully saturated rings. The van der Waals surface area contributed by atoms with Crippen molar-refractivity contribution >= 4 is 6.50 Å². The maximum absolute atomic E-state index is 2.33. The molecule has 50 valence electrons. The van der Waals surface area contributed by atoms with Crippen LogP contribution in [0.1, 0.15) is 27.7 Å². The van der Waals surface area contributed by atoms with Crippen LogP contribution in [-0.4, -0.2) is 6.50 Å². The van der Waals surface area contributed by atoms with Crippen LogP contribution in [0.3, 0.4) is 0 Å². The van der Waals surface area contributed by atoms with Crippen molar-refractivity contribution in [2.75, 3.05) is 0 Å². The molecule has 0 aromatic heterocycles. The Kier molecular flexibility index (Phi) is 4.20.